The highest BCUT2D eigenvalue weighted by molar-refractivity contribution is 7.21. The van der Waals surface area contributed by atoms with Gasteiger partial charge in [-0.05, 0) is 81.9 Å². The number of aromatic hydroxyl groups is 1. The van der Waals surface area contributed by atoms with Crippen molar-refractivity contribution in [1.29, 1.82) is 0 Å². The molecule has 0 unspecified atom stereocenters. The number of aryl methyl sites for hydroxylation is 3. The summed E-state index contributed by atoms with van der Waals surface area (Å²) < 4.78 is 7.12. The summed E-state index contributed by atoms with van der Waals surface area (Å²) in [6.07, 6.45) is 0. The van der Waals surface area contributed by atoms with Crippen LogP contribution < -0.4 is 4.74 Å². The first-order chi connectivity index (χ1) is 15.2. The third-order valence-corrected chi connectivity index (χ3v) is 6.51. The molecule has 0 saturated carbocycles. The van der Waals surface area contributed by atoms with Crippen molar-refractivity contribution >= 4 is 27.2 Å². The summed E-state index contributed by atoms with van der Waals surface area (Å²) in [6, 6.07) is 17.1. The van der Waals surface area contributed by atoms with Crippen LogP contribution in [-0.2, 0) is 6.54 Å². The lowest BCUT2D eigenvalue weighted by molar-refractivity contribution is 0.103. The predicted octanol–water partition coefficient (Wildman–Crippen LogP) is 6.62. The molecule has 4 rings (SSSR count). The van der Waals surface area contributed by atoms with Crippen LogP contribution in [0.15, 0.2) is 54.6 Å². The number of benzene rings is 3. The van der Waals surface area contributed by atoms with Gasteiger partial charge >= 0.3 is 0 Å². The number of fused-ring (bicyclic) bond motifs is 1. The summed E-state index contributed by atoms with van der Waals surface area (Å²) in [7, 11) is 4.06. The smallest absolute Gasteiger partial charge is 0.207 e. The van der Waals surface area contributed by atoms with Crippen LogP contribution in [-0.4, -0.2) is 29.9 Å². The molecule has 4 nitrogen and oxygen atoms in total. The summed E-state index contributed by atoms with van der Waals surface area (Å²) >= 11 is 1.35. The van der Waals surface area contributed by atoms with Crippen LogP contribution in [0, 0.1) is 20.8 Å². The molecule has 0 aliphatic heterocycles. The van der Waals surface area contributed by atoms with Gasteiger partial charge in [-0.3, -0.25) is 4.79 Å². The van der Waals surface area contributed by atoms with Crippen LogP contribution in [0.3, 0.4) is 0 Å². The number of thiophene rings is 1. The summed E-state index contributed by atoms with van der Waals surface area (Å²) in [5.41, 5.74) is 4.92. The van der Waals surface area contributed by atoms with Crippen molar-refractivity contribution in [3.05, 3.63) is 87.3 Å². The molecule has 0 radical (unpaired) electrons. The minimum Gasteiger partial charge on any atom is -0.508 e. The molecule has 3 aromatic carbocycles. The molecule has 1 heterocycles. The van der Waals surface area contributed by atoms with E-state index in [1.807, 2.05) is 77.3 Å². The number of phenolic OH excluding ortho intramolecular Hbond substituents is 1. The zero-order valence-electron chi connectivity index (χ0n) is 19.0. The van der Waals surface area contributed by atoms with E-state index in [2.05, 4.69) is 4.90 Å². The normalized spacial score (nSPS) is 11.3. The molecular weight excluding hydrogens is 418 g/mol. The van der Waals surface area contributed by atoms with E-state index in [1.165, 1.54) is 16.9 Å². The average Bonchev–Trinajstić information content (AvgIpc) is 3.05. The molecule has 0 spiro atoms. The quantitative estimate of drug-likeness (QED) is 0.339. The van der Waals surface area contributed by atoms with Crippen molar-refractivity contribution in [3.63, 3.8) is 0 Å². The van der Waals surface area contributed by atoms with Gasteiger partial charge in [0, 0.05) is 22.2 Å². The van der Waals surface area contributed by atoms with Crippen LogP contribution in [0.1, 0.15) is 37.5 Å². The van der Waals surface area contributed by atoms with Gasteiger partial charge in [0.15, 0.2) is 5.75 Å². The van der Waals surface area contributed by atoms with Crippen molar-refractivity contribution in [2.45, 2.75) is 27.3 Å². The Hall–Kier alpha value is -3.15. The fraction of sp³-hybridized carbons (Fsp3) is 0.222. The molecule has 0 aliphatic rings. The molecular formula is C27H27NO3S. The number of carbonyl (C=O) groups is 1. The number of nitrogens with zero attached hydrogens (tertiary/aromatic N) is 1. The molecule has 1 N–H and O–H groups in total. The van der Waals surface area contributed by atoms with Gasteiger partial charge in [0.2, 0.25) is 5.78 Å². The van der Waals surface area contributed by atoms with E-state index in [9.17, 15) is 9.90 Å². The Bertz CT molecular complexity index is 1280. The number of hydrogen-bond donors (Lipinski definition) is 1. The zero-order chi connectivity index (χ0) is 23.0. The largest absolute Gasteiger partial charge is 0.508 e. The molecule has 164 valence electrons. The standard InChI is InChI=1S/C27H27NO3S/c1-16-12-17(2)24(18(3)13-16)25(30)27-26(22-11-8-20(29)14-23(22)32-27)31-21-9-6-19(7-10-21)15-28(4)5/h6-14,29H,15H2,1-5H3. The van der Waals surface area contributed by atoms with E-state index in [4.69, 9.17) is 4.74 Å². The second-order valence-corrected chi connectivity index (χ2v) is 9.58. The maximum atomic E-state index is 13.7. The molecule has 1 aromatic heterocycles. The highest BCUT2D eigenvalue weighted by Gasteiger charge is 2.24. The molecule has 0 bridgehead atoms. The number of ketones is 1. The Kier molecular flexibility index (Phi) is 6.04. The number of phenols is 1. The first-order valence-corrected chi connectivity index (χ1v) is 11.3. The van der Waals surface area contributed by atoms with Crippen molar-refractivity contribution in [1.82, 2.24) is 4.90 Å². The molecule has 0 fully saturated rings. The molecule has 0 saturated heterocycles. The monoisotopic (exact) mass is 445 g/mol. The van der Waals surface area contributed by atoms with Gasteiger partial charge in [-0.15, -0.1) is 11.3 Å². The first-order valence-electron chi connectivity index (χ1n) is 10.5. The first kappa shape index (κ1) is 22.1. The molecule has 0 aliphatic carbocycles. The molecule has 5 heteroatoms. The van der Waals surface area contributed by atoms with Crippen molar-refractivity contribution in [2.24, 2.45) is 0 Å². The van der Waals surface area contributed by atoms with Crippen LogP contribution >= 0.6 is 11.3 Å². The van der Waals surface area contributed by atoms with Gasteiger partial charge in [-0.1, -0.05) is 29.8 Å². The Morgan fingerprint density at radius 3 is 2.25 bits per heavy atom. The molecule has 0 atom stereocenters. The topological polar surface area (TPSA) is 49.8 Å². The van der Waals surface area contributed by atoms with Gasteiger partial charge < -0.3 is 14.7 Å². The lowest BCUT2D eigenvalue weighted by atomic mass is 9.95. The van der Waals surface area contributed by atoms with Gasteiger partial charge in [-0.2, -0.15) is 0 Å². The lowest BCUT2D eigenvalue weighted by Gasteiger charge is -2.13. The van der Waals surface area contributed by atoms with E-state index >= 15 is 0 Å². The fourth-order valence-corrected chi connectivity index (χ4v) is 5.22. The Morgan fingerprint density at radius 2 is 1.62 bits per heavy atom. The minimum atomic E-state index is -0.0556. The third-order valence-electron chi connectivity index (χ3n) is 5.38. The van der Waals surface area contributed by atoms with Crippen LogP contribution in [0.2, 0.25) is 0 Å². The number of hydrogen-bond acceptors (Lipinski definition) is 5. The predicted molar refractivity (Wildman–Crippen MR) is 131 cm³/mol. The van der Waals surface area contributed by atoms with E-state index in [1.54, 1.807) is 12.1 Å². The van der Waals surface area contributed by atoms with Gasteiger partial charge in [0.1, 0.15) is 16.4 Å². The number of carbonyl (C=O) groups excluding carboxylic acids is 1. The van der Waals surface area contributed by atoms with E-state index in [0.29, 0.717) is 21.9 Å². The van der Waals surface area contributed by atoms with E-state index in [0.717, 1.165) is 33.3 Å². The Labute approximate surface area is 192 Å². The Morgan fingerprint density at radius 1 is 0.969 bits per heavy atom. The second kappa shape index (κ2) is 8.77. The SMILES string of the molecule is Cc1cc(C)c(C(=O)c2sc3cc(O)ccc3c2Oc2ccc(CN(C)C)cc2)c(C)c1. The maximum Gasteiger partial charge on any atom is 0.207 e. The van der Waals surface area contributed by atoms with Crippen molar-refractivity contribution in [3.8, 4) is 17.2 Å². The minimum absolute atomic E-state index is 0.0556. The van der Waals surface area contributed by atoms with Gasteiger partial charge in [-0.25, -0.2) is 0 Å². The molecule has 0 amide bonds. The second-order valence-electron chi connectivity index (χ2n) is 8.53. The summed E-state index contributed by atoms with van der Waals surface area (Å²) in [5, 5.41) is 10.8. The van der Waals surface area contributed by atoms with Gasteiger partial charge in [0.25, 0.3) is 0 Å². The summed E-state index contributed by atoms with van der Waals surface area (Å²) in [6.45, 7) is 6.81. The number of rotatable bonds is 6. The maximum absolute atomic E-state index is 13.7. The molecule has 4 aromatic rings. The average molecular weight is 446 g/mol. The van der Waals surface area contributed by atoms with E-state index in [-0.39, 0.29) is 11.5 Å². The van der Waals surface area contributed by atoms with Crippen molar-refractivity contribution in [2.75, 3.05) is 14.1 Å². The van der Waals surface area contributed by atoms with Crippen LogP contribution in [0.5, 0.6) is 17.2 Å². The highest BCUT2D eigenvalue weighted by Crippen LogP contribution is 2.43. The molecule has 32 heavy (non-hydrogen) atoms. The lowest BCUT2D eigenvalue weighted by Crippen LogP contribution is -2.10. The van der Waals surface area contributed by atoms with E-state index < -0.39 is 0 Å². The van der Waals surface area contributed by atoms with Crippen molar-refractivity contribution < 1.29 is 14.6 Å². The number of ether oxygens (including phenoxy) is 1. The van der Waals surface area contributed by atoms with Crippen LogP contribution in [0.25, 0.3) is 10.1 Å². The van der Waals surface area contributed by atoms with Crippen LogP contribution in [0.4, 0.5) is 0 Å². The fourth-order valence-electron chi connectivity index (χ4n) is 4.11. The summed E-state index contributed by atoms with van der Waals surface area (Å²) in [5.74, 6) is 1.32. The highest BCUT2D eigenvalue weighted by atomic mass is 32.1. The van der Waals surface area contributed by atoms with Gasteiger partial charge in [0.05, 0.1) is 0 Å². The zero-order valence-corrected chi connectivity index (χ0v) is 19.8. The Balaban J connectivity index is 1.80. The summed E-state index contributed by atoms with van der Waals surface area (Å²) in [4.78, 5) is 16.4. The third kappa shape index (κ3) is 4.40.